The lowest BCUT2D eigenvalue weighted by molar-refractivity contribution is 0.112. The fourth-order valence-corrected chi connectivity index (χ4v) is 0.916. The number of nitrogens with one attached hydrogen (secondary N) is 2. The average molecular weight is 135 g/mol. The van der Waals surface area contributed by atoms with E-state index in [1.54, 1.807) is 12.3 Å². The number of aldehydes is 1. The summed E-state index contributed by atoms with van der Waals surface area (Å²) in [5.41, 5.74) is 2.30. The molecule has 2 N–H and O–H groups in total. The molecule has 4 nitrogen and oxygen atoms in total. The van der Waals surface area contributed by atoms with Gasteiger partial charge in [-0.15, -0.1) is 0 Å². The predicted molar refractivity (Wildman–Crippen MR) is 35.8 cm³/mol. The van der Waals surface area contributed by atoms with Crippen molar-refractivity contribution in [3.63, 3.8) is 0 Å². The van der Waals surface area contributed by atoms with Crippen LogP contribution in [0.25, 0.3) is 11.0 Å². The van der Waals surface area contributed by atoms with Gasteiger partial charge in [-0.1, -0.05) is 0 Å². The Kier molecular flexibility index (Phi) is 0.887. The van der Waals surface area contributed by atoms with E-state index in [1.165, 1.54) is 0 Å². The average Bonchev–Trinajstić information content (AvgIpc) is 2.42. The monoisotopic (exact) mass is 135 g/mol. The summed E-state index contributed by atoms with van der Waals surface area (Å²) in [6.45, 7) is 0. The van der Waals surface area contributed by atoms with Gasteiger partial charge >= 0.3 is 0 Å². The quantitative estimate of drug-likeness (QED) is 0.565. The van der Waals surface area contributed by atoms with Gasteiger partial charge in [0.2, 0.25) is 0 Å². The van der Waals surface area contributed by atoms with Gasteiger partial charge in [0.15, 0.2) is 6.29 Å². The van der Waals surface area contributed by atoms with Crippen LogP contribution in [-0.4, -0.2) is 21.5 Å². The second kappa shape index (κ2) is 1.70. The number of aromatic amines is 2. The van der Waals surface area contributed by atoms with E-state index >= 15 is 0 Å². The second-order valence-corrected chi connectivity index (χ2v) is 2.04. The first-order chi connectivity index (χ1) is 4.90. The van der Waals surface area contributed by atoms with Gasteiger partial charge in [-0.2, -0.15) is 5.10 Å². The minimum absolute atomic E-state index is 0.573. The lowest BCUT2D eigenvalue weighted by Gasteiger charge is -1.73. The largest absolute Gasteiger partial charge is 0.350 e. The van der Waals surface area contributed by atoms with Crippen LogP contribution in [0.5, 0.6) is 0 Å². The maximum Gasteiger partial charge on any atom is 0.166 e. The number of fused-ring (bicyclic) bond motifs is 1. The topological polar surface area (TPSA) is 61.5 Å². The second-order valence-electron chi connectivity index (χ2n) is 2.04. The van der Waals surface area contributed by atoms with Gasteiger partial charge in [-0.05, 0) is 6.07 Å². The number of carbonyl (C=O) groups is 1. The van der Waals surface area contributed by atoms with Crippen LogP contribution in [-0.2, 0) is 0 Å². The molecule has 0 spiro atoms. The highest BCUT2D eigenvalue weighted by atomic mass is 16.1. The molecule has 4 heteroatoms. The minimum atomic E-state index is 0.573. The van der Waals surface area contributed by atoms with Crippen LogP contribution in [0, 0.1) is 0 Å². The van der Waals surface area contributed by atoms with Crippen LogP contribution in [0.15, 0.2) is 12.3 Å². The van der Waals surface area contributed by atoms with E-state index in [9.17, 15) is 4.79 Å². The summed E-state index contributed by atoms with van der Waals surface area (Å²) < 4.78 is 0. The molecule has 2 aromatic heterocycles. The molecular formula is C6H5N3O. The number of hydrogen-bond acceptors (Lipinski definition) is 2. The molecule has 0 amide bonds. The van der Waals surface area contributed by atoms with Crippen LogP contribution in [0.1, 0.15) is 10.5 Å². The van der Waals surface area contributed by atoms with Crippen LogP contribution < -0.4 is 0 Å². The fourth-order valence-electron chi connectivity index (χ4n) is 0.916. The third-order valence-electron chi connectivity index (χ3n) is 1.37. The zero-order chi connectivity index (χ0) is 6.97. The first-order valence-electron chi connectivity index (χ1n) is 2.87. The highest BCUT2D eigenvalue weighted by molar-refractivity contribution is 5.84. The van der Waals surface area contributed by atoms with Crippen LogP contribution in [0.3, 0.4) is 0 Å². The normalized spacial score (nSPS) is 10.4. The summed E-state index contributed by atoms with van der Waals surface area (Å²) in [7, 11) is 0. The molecule has 0 atom stereocenters. The molecule has 0 aliphatic carbocycles. The molecule has 0 fully saturated rings. The molecule has 0 unspecified atom stereocenters. The number of hydrogen-bond donors (Lipinski definition) is 2. The van der Waals surface area contributed by atoms with Crippen LogP contribution in [0.4, 0.5) is 0 Å². The summed E-state index contributed by atoms with van der Waals surface area (Å²) in [6.07, 6.45) is 2.41. The summed E-state index contributed by atoms with van der Waals surface area (Å²) >= 11 is 0. The zero-order valence-electron chi connectivity index (χ0n) is 5.09. The number of nitrogens with zero attached hydrogens (tertiary/aromatic N) is 1. The SMILES string of the molecule is O=Cc1cc2[nH]ncc2[nH]1. The summed E-state index contributed by atoms with van der Waals surface area (Å²) in [5.74, 6) is 0. The molecule has 10 heavy (non-hydrogen) atoms. The number of aromatic nitrogens is 3. The van der Waals surface area contributed by atoms with Gasteiger partial charge in [0.1, 0.15) is 0 Å². The highest BCUT2D eigenvalue weighted by Crippen LogP contribution is 2.08. The van der Waals surface area contributed by atoms with E-state index in [1.807, 2.05) is 0 Å². The first-order valence-corrected chi connectivity index (χ1v) is 2.87. The van der Waals surface area contributed by atoms with Gasteiger partial charge in [0.25, 0.3) is 0 Å². The first kappa shape index (κ1) is 5.22. The Balaban J connectivity index is 2.78. The third-order valence-corrected chi connectivity index (χ3v) is 1.37. The zero-order valence-corrected chi connectivity index (χ0v) is 5.09. The standard InChI is InChI=1S/C6H5N3O/c10-3-4-1-5-6(8-4)2-7-9-5/h1-3,8H,(H,7,9). The highest BCUT2D eigenvalue weighted by Gasteiger charge is 1.98. The Labute approximate surface area is 56.2 Å². The molecule has 0 aliphatic heterocycles. The van der Waals surface area contributed by atoms with Crippen LogP contribution in [0.2, 0.25) is 0 Å². The van der Waals surface area contributed by atoms with Gasteiger partial charge in [0, 0.05) is 0 Å². The Morgan fingerprint density at radius 1 is 1.50 bits per heavy atom. The maximum absolute atomic E-state index is 10.2. The molecule has 50 valence electrons. The Hall–Kier alpha value is -1.58. The molecule has 0 radical (unpaired) electrons. The van der Waals surface area contributed by atoms with Crippen molar-refractivity contribution >= 4 is 17.3 Å². The van der Waals surface area contributed by atoms with E-state index in [0.717, 1.165) is 17.3 Å². The molecule has 0 aliphatic rings. The molecule has 0 saturated heterocycles. The fraction of sp³-hybridized carbons (Fsp3) is 0. The summed E-state index contributed by atoms with van der Waals surface area (Å²) in [4.78, 5) is 13.1. The minimum Gasteiger partial charge on any atom is -0.350 e. The van der Waals surface area contributed by atoms with Crippen molar-refractivity contribution < 1.29 is 4.79 Å². The van der Waals surface area contributed by atoms with Crippen molar-refractivity contribution in [2.75, 3.05) is 0 Å². The van der Waals surface area contributed by atoms with Gasteiger partial charge in [-0.25, -0.2) is 0 Å². The molecular weight excluding hydrogens is 130 g/mol. The third kappa shape index (κ3) is 0.556. The Morgan fingerprint density at radius 3 is 3.10 bits per heavy atom. The smallest absolute Gasteiger partial charge is 0.166 e. The van der Waals surface area contributed by atoms with E-state index in [0.29, 0.717) is 5.69 Å². The van der Waals surface area contributed by atoms with Gasteiger partial charge in [-0.3, -0.25) is 9.89 Å². The summed E-state index contributed by atoms with van der Waals surface area (Å²) in [5, 5.41) is 6.50. The Bertz CT molecular complexity index is 331. The van der Waals surface area contributed by atoms with E-state index in [-0.39, 0.29) is 0 Å². The van der Waals surface area contributed by atoms with Crippen LogP contribution >= 0.6 is 0 Å². The van der Waals surface area contributed by atoms with Crippen molar-refractivity contribution in [1.29, 1.82) is 0 Å². The Morgan fingerprint density at radius 2 is 2.40 bits per heavy atom. The molecule has 2 heterocycles. The lowest BCUT2D eigenvalue weighted by atomic mass is 10.4. The van der Waals surface area contributed by atoms with Crippen molar-refractivity contribution in [3.8, 4) is 0 Å². The van der Waals surface area contributed by atoms with E-state index in [2.05, 4.69) is 15.2 Å². The number of H-pyrrole nitrogens is 2. The maximum atomic E-state index is 10.2. The van der Waals surface area contributed by atoms with E-state index < -0.39 is 0 Å². The molecule has 0 aromatic carbocycles. The molecule has 2 rings (SSSR count). The van der Waals surface area contributed by atoms with Crippen molar-refractivity contribution in [1.82, 2.24) is 15.2 Å². The predicted octanol–water partition coefficient (Wildman–Crippen LogP) is 0.704. The summed E-state index contributed by atoms with van der Waals surface area (Å²) in [6, 6.07) is 1.72. The lowest BCUT2D eigenvalue weighted by Crippen LogP contribution is -1.75. The molecule has 2 aromatic rings. The van der Waals surface area contributed by atoms with Crippen molar-refractivity contribution in [2.45, 2.75) is 0 Å². The van der Waals surface area contributed by atoms with Gasteiger partial charge in [0.05, 0.1) is 22.9 Å². The van der Waals surface area contributed by atoms with Crippen molar-refractivity contribution in [2.24, 2.45) is 0 Å². The van der Waals surface area contributed by atoms with Crippen molar-refractivity contribution in [3.05, 3.63) is 18.0 Å². The number of carbonyl (C=O) groups excluding carboxylic acids is 1. The number of rotatable bonds is 1. The molecule has 0 bridgehead atoms. The molecule has 0 saturated carbocycles. The van der Waals surface area contributed by atoms with E-state index in [4.69, 9.17) is 0 Å². The van der Waals surface area contributed by atoms with Gasteiger partial charge < -0.3 is 4.98 Å².